The van der Waals surface area contributed by atoms with E-state index in [9.17, 15) is 0 Å². The van der Waals surface area contributed by atoms with Crippen molar-refractivity contribution in [2.24, 2.45) is 0 Å². The molecule has 0 aliphatic heterocycles. The van der Waals surface area contributed by atoms with E-state index in [1.165, 1.54) is 36.3 Å². The van der Waals surface area contributed by atoms with Crippen molar-refractivity contribution in [3.8, 4) is 45.3 Å². The second kappa shape index (κ2) is 12.2. The van der Waals surface area contributed by atoms with Gasteiger partial charge in [0.1, 0.15) is 11.2 Å². The lowest BCUT2D eigenvalue weighted by Gasteiger charge is -2.12. The van der Waals surface area contributed by atoms with E-state index < -0.39 is 0 Å². The first-order valence-corrected chi connectivity index (χ1v) is 19.6. The molecule has 260 valence electrons. The number of hydrogen-bond acceptors (Lipinski definition) is 5. The Labute approximate surface area is 325 Å². The highest BCUT2D eigenvalue weighted by atomic mass is 32.1. The quantitative estimate of drug-likeness (QED) is 0.181. The van der Waals surface area contributed by atoms with Crippen LogP contribution >= 0.6 is 11.3 Å². The average molecular weight is 732 g/mol. The highest BCUT2D eigenvalue weighted by Crippen LogP contribution is 2.39. The molecule has 0 spiro atoms. The molecule has 0 unspecified atom stereocenters. The maximum absolute atomic E-state index is 6.42. The van der Waals surface area contributed by atoms with Gasteiger partial charge in [0.05, 0.1) is 0 Å². The second-order valence-electron chi connectivity index (χ2n) is 14.4. The van der Waals surface area contributed by atoms with E-state index >= 15 is 0 Å². The predicted molar refractivity (Wildman–Crippen MR) is 234 cm³/mol. The Morgan fingerprint density at radius 2 is 0.911 bits per heavy atom. The second-order valence-corrected chi connectivity index (χ2v) is 15.5. The maximum atomic E-state index is 6.42. The highest BCUT2D eigenvalue weighted by molar-refractivity contribution is 7.25. The number of furan rings is 1. The lowest BCUT2D eigenvalue weighted by molar-refractivity contribution is 0.669. The Morgan fingerprint density at radius 3 is 1.77 bits per heavy atom. The monoisotopic (exact) mass is 731 g/mol. The molecule has 0 saturated heterocycles. The van der Waals surface area contributed by atoms with Gasteiger partial charge in [0.2, 0.25) is 0 Å². The summed E-state index contributed by atoms with van der Waals surface area (Å²) in [6, 6.07) is 62.3. The van der Waals surface area contributed by atoms with Gasteiger partial charge >= 0.3 is 0 Å². The van der Waals surface area contributed by atoms with E-state index in [2.05, 4.69) is 176 Å². The van der Waals surface area contributed by atoms with Gasteiger partial charge in [-0.15, -0.1) is 11.3 Å². The number of thiophene rings is 1. The maximum Gasteiger partial charge on any atom is 0.164 e. The van der Waals surface area contributed by atoms with Crippen LogP contribution in [0, 0.1) is 0 Å². The average Bonchev–Trinajstić information content (AvgIpc) is 3.81. The van der Waals surface area contributed by atoms with Crippen molar-refractivity contribution in [1.29, 1.82) is 0 Å². The van der Waals surface area contributed by atoms with Gasteiger partial charge in [-0.05, 0) is 104 Å². The van der Waals surface area contributed by atoms with Crippen LogP contribution in [0.25, 0.3) is 120 Å². The third kappa shape index (κ3) is 5.02. The van der Waals surface area contributed by atoms with Gasteiger partial charge < -0.3 is 4.42 Å². The molecule has 12 rings (SSSR count). The standard InChI is InChI=1S/C51H29N3OS/c1-2-9-31-25-37(17-16-30(31)8-1)49-52-50(38-20-23-48-44(27-38)41-13-5-6-15-47(41)56-48)54-51(53-49)42-14-7-12-36-24-34(18-21-39(36)42)35-19-22-40-43-26-32-10-3-4-11-33(32)28-46(43)55-45(40)29-35/h1-29H. The summed E-state index contributed by atoms with van der Waals surface area (Å²) < 4.78 is 8.94. The van der Waals surface area contributed by atoms with Crippen LogP contribution in [0.1, 0.15) is 0 Å². The summed E-state index contributed by atoms with van der Waals surface area (Å²) in [7, 11) is 0. The van der Waals surface area contributed by atoms with Crippen LogP contribution in [0.3, 0.4) is 0 Å². The van der Waals surface area contributed by atoms with Crippen molar-refractivity contribution in [3.05, 3.63) is 176 Å². The number of benzene rings is 9. The first kappa shape index (κ1) is 31.2. The fourth-order valence-corrected chi connectivity index (χ4v) is 9.33. The van der Waals surface area contributed by atoms with Crippen LogP contribution in [-0.2, 0) is 0 Å². The summed E-state index contributed by atoms with van der Waals surface area (Å²) in [4.78, 5) is 15.5. The van der Waals surface area contributed by atoms with Crippen molar-refractivity contribution < 1.29 is 4.42 Å². The molecule has 5 heteroatoms. The van der Waals surface area contributed by atoms with Gasteiger partial charge in [-0.3, -0.25) is 0 Å². The number of nitrogens with zero attached hydrogens (tertiary/aromatic N) is 3. The Bertz CT molecular complexity index is 3560. The van der Waals surface area contributed by atoms with Gasteiger partial charge in [-0.1, -0.05) is 115 Å². The van der Waals surface area contributed by atoms with Crippen LogP contribution in [-0.4, -0.2) is 15.0 Å². The van der Waals surface area contributed by atoms with Crippen molar-refractivity contribution in [3.63, 3.8) is 0 Å². The van der Waals surface area contributed by atoms with Crippen LogP contribution in [0.15, 0.2) is 180 Å². The van der Waals surface area contributed by atoms with E-state index in [0.29, 0.717) is 17.5 Å². The van der Waals surface area contributed by atoms with Crippen LogP contribution in [0.5, 0.6) is 0 Å². The molecule has 0 radical (unpaired) electrons. The molecule has 0 bridgehead atoms. The molecule has 56 heavy (non-hydrogen) atoms. The third-order valence-electron chi connectivity index (χ3n) is 11.1. The summed E-state index contributed by atoms with van der Waals surface area (Å²) in [5, 5.41) is 11.6. The molecule has 0 N–H and O–H groups in total. The molecule has 0 fully saturated rings. The van der Waals surface area contributed by atoms with E-state index in [-0.39, 0.29) is 0 Å². The third-order valence-corrected chi connectivity index (χ3v) is 12.2. The summed E-state index contributed by atoms with van der Waals surface area (Å²) >= 11 is 1.81. The first-order valence-electron chi connectivity index (χ1n) is 18.7. The van der Waals surface area contributed by atoms with Crippen LogP contribution in [0.4, 0.5) is 0 Å². The Morgan fingerprint density at radius 1 is 0.321 bits per heavy atom. The SMILES string of the molecule is c1ccc2cc(-c3nc(-c4ccc5sc6ccccc6c5c4)nc(-c4cccc5cc(-c6ccc7c(c6)oc6cc8ccccc8cc67)ccc45)n3)ccc2c1. The van der Waals surface area contributed by atoms with Gasteiger partial charge in [-0.2, -0.15) is 0 Å². The zero-order valence-corrected chi connectivity index (χ0v) is 30.7. The van der Waals surface area contributed by atoms with E-state index in [4.69, 9.17) is 19.4 Å². The minimum Gasteiger partial charge on any atom is -0.456 e. The number of hydrogen-bond donors (Lipinski definition) is 0. The normalized spacial score (nSPS) is 11.9. The van der Waals surface area contributed by atoms with Crippen molar-refractivity contribution >= 4 is 85.8 Å². The molecular weight excluding hydrogens is 703 g/mol. The number of rotatable bonds is 4. The van der Waals surface area contributed by atoms with E-state index in [0.717, 1.165) is 65.9 Å². The van der Waals surface area contributed by atoms with Crippen LogP contribution in [0.2, 0.25) is 0 Å². The predicted octanol–water partition coefficient (Wildman–Crippen LogP) is 14.3. The van der Waals surface area contributed by atoms with Crippen molar-refractivity contribution in [2.45, 2.75) is 0 Å². The summed E-state index contributed by atoms with van der Waals surface area (Å²) in [6.45, 7) is 0. The van der Waals surface area contributed by atoms with E-state index in [1.807, 2.05) is 11.3 Å². The smallest absolute Gasteiger partial charge is 0.164 e. The van der Waals surface area contributed by atoms with Gasteiger partial charge in [0.25, 0.3) is 0 Å². The number of aromatic nitrogens is 3. The molecule has 4 nitrogen and oxygen atoms in total. The molecule has 0 aliphatic carbocycles. The Balaban J connectivity index is 0.997. The first-order chi connectivity index (χ1) is 27.7. The molecule has 0 amide bonds. The molecule has 0 atom stereocenters. The minimum atomic E-state index is 0.642. The van der Waals surface area contributed by atoms with Gasteiger partial charge in [-0.25, -0.2) is 15.0 Å². The lowest BCUT2D eigenvalue weighted by Crippen LogP contribution is -2.00. The molecule has 12 aromatic rings. The summed E-state index contributed by atoms with van der Waals surface area (Å²) in [5.41, 5.74) is 6.88. The lowest BCUT2D eigenvalue weighted by atomic mass is 9.97. The Kier molecular flexibility index (Phi) is 6.76. The molecule has 9 aromatic carbocycles. The highest BCUT2D eigenvalue weighted by Gasteiger charge is 2.17. The molecular formula is C51H29N3OS. The molecule has 3 heterocycles. The fourth-order valence-electron chi connectivity index (χ4n) is 8.25. The van der Waals surface area contributed by atoms with Crippen molar-refractivity contribution in [2.75, 3.05) is 0 Å². The Hall–Kier alpha value is -7.21. The minimum absolute atomic E-state index is 0.642. The topological polar surface area (TPSA) is 51.8 Å². The zero-order chi connectivity index (χ0) is 36.7. The number of fused-ring (bicyclic) bond motifs is 9. The fraction of sp³-hybridized carbons (Fsp3) is 0. The summed E-state index contributed by atoms with van der Waals surface area (Å²) in [5.74, 6) is 1.94. The largest absolute Gasteiger partial charge is 0.456 e. The van der Waals surface area contributed by atoms with Gasteiger partial charge in [0.15, 0.2) is 17.5 Å². The van der Waals surface area contributed by atoms with Crippen molar-refractivity contribution in [1.82, 2.24) is 15.0 Å². The molecule has 0 saturated carbocycles. The van der Waals surface area contributed by atoms with Crippen LogP contribution < -0.4 is 0 Å². The summed E-state index contributed by atoms with van der Waals surface area (Å²) in [6.07, 6.45) is 0. The van der Waals surface area contributed by atoms with E-state index in [1.54, 1.807) is 0 Å². The zero-order valence-electron chi connectivity index (χ0n) is 29.9. The van der Waals surface area contributed by atoms with Gasteiger partial charge in [0, 0.05) is 47.6 Å². The molecule has 3 aromatic heterocycles. The molecule has 0 aliphatic rings.